The van der Waals surface area contributed by atoms with Gasteiger partial charge in [0.05, 0.1) is 5.75 Å². The van der Waals surface area contributed by atoms with Gasteiger partial charge >= 0.3 is 0 Å². The summed E-state index contributed by atoms with van der Waals surface area (Å²) in [6.07, 6.45) is 0. The lowest BCUT2D eigenvalue weighted by atomic mass is 10.1. The Hall–Kier alpha value is -2.86. The van der Waals surface area contributed by atoms with Gasteiger partial charge in [-0.2, -0.15) is 0 Å². The van der Waals surface area contributed by atoms with Crippen LogP contribution in [0, 0.1) is 11.6 Å². The van der Waals surface area contributed by atoms with E-state index >= 15 is 0 Å². The summed E-state index contributed by atoms with van der Waals surface area (Å²) in [7, 11) is 0. The van der Waals surface area contributed by atoms with E-state index in [4.69, 9.17) is 4.74 Å². The number of halogens is 2. The lowest BCUT2D eigenvalue weighted by Gasteiger charge is -2.25. The van der Waals surface area contributed by atoms with Crippen LogP contribution in [0.4, 0.5) is 14.5 Å². The van der Waals surface area contributed by atoms with Gasteiger partial charge in [-0.15, -0.1) is 11.8 Å². The molecular weight excluding hydrogens is 368 g/mol. The molecule has 4 rings (SSSR count). The number of carbonyl (C=O) groups excluding carboxylic acids is 1. The van der Waals surface area contributed by atoms with Gasteiger partial charge in [0.15, 0.2) is 0 Å². The molecule has 136 valence electrons. The number of carbonyl (C=O) groups is 1. The molecule has 1 saturated heterocycles. The molecule has 1 aliphatic rings. The zero-order valence-corrected chi connectivity index (χ0v) is 15.0. The molecule has 0 aromatic heterocycles. The van der Waals surface area contributed by atoms with E-state index in [9.17, 15) is 13.6 Å². The fourth-order valence-corrected chi connectivity index (χ4v) is 4.14. The Morgan fingerprint density at radius 2 is 1.56 bits per heavy atom. The van der Waals surface area contributed by atoms with Crippen molar-refractivity contribution >= 4 is 23.4 Å². The highest BCUT2D eigenvalue weighted by atomic mass is 32.2. The molecule has 3 aromatic rings. The number of nitrogens with zero attached hydrogens (tertiary/aromatic N) is 1. The number of hydrogen-bond acceptors (Lipinski definition) is 3. The highest BCUT2D eigenvalue weighted by Gasteiger charge is 2.37. The minimum absolute atomic E-state index is 0.155. The number of hydrogen-bond donors (Lipinski definition) is 0. The Labute approximate surface area is 159 Å². The highest BCUT2D eigenvalue weighted by molar-refractivity contribution is 8.00. The minimum atomic E-state index is -0.757. The number of para-hydroxylation sites is 2. The fourth-order valence-electron chi connectivity index (χ4n) is 2.99. The molecule has 1 fully saturated rings. The van der Waals surface area contributed by atoms with E-state index < -0.39 is 17.0 Å². The van der Waals surface area contributed by atoms with Crippen LogP contribution in [0.5, 0.6) is 11.5 Å². The van der Waals surface area contributed by atoms with Crippen LogP contribution in [0.2, 0.25) is 0 Å². The van der Waals surface area contributed by atoms with Crippen molar-refractivity contribution in [3.63, 3.8) is 0 Å². The van der Waals surface area contributed by atoms with Crippen molar-refractivity contribution < 1.29 is 18.3 Å². The molecule has 3 aromatic carbocycles. The van der Waals surface area contributed by atoms with Gasteiger partial charge in [0.1, 0.15) is 34.2 Å². The number of anilines is 1. The third kappa shape index (κ3) is 3.53. The number of benzene rings is 3. The molecule has 0 bridgehead atoms. The van der Waals surface area contributed by atoms with Crippen molar-refractivity contribution in [2.45, 2.75) is 5.37 Å². The van der Waals surface area contributed by atoms with Crippen molar-refractivity contribution in [1.82, 2.24) is 0 Å². The largest absolute Gasteiger partial charge is 0.457 e. The van der Waals surface area contributed by atoms with Crippen molar-refractivity contribution in [3.8, 4) is 11.5 Å². The topological polar surface area (TPSA) is 29.5 Å². The van der Waals surface area contributed by atoms with E-state index in [-0.39, 0.29) is 17.3 Å². The molecule has 1 aliphatic heterocycles. The molecule has 6 heteroatoms. The van der Waals surface area contributed by atoms with Gasteiger partial charge in [-0.3, -0.25) is 9.69 Å². The molecule has 0 spiro atoms. The second-order valence-corrected chi connectivity index (χ2v) is 7.05. The van der Waals surface area contributed by atoms with Crippen LogP contribution in [0.1, 0.15) is 10.9 Å². The van der Waals surface area contributed by atoms with E-state index in [0.29, 0.717) is 11.5 Å². The third-order valence-corrected chi connectivity index (χ3v) is 5.38. The van der Waals surface area contributed by atoms with Crippen molar-refractivity contribution in [2.75, 3.05) is 10.7 Å². The lowest BCUT2D eigenvalue weighted by molar-refractivity contribution is -0.115. The van der Waals surface area contributed by atoms with Gasteiger partial charge in [-0.1, -0.05) is 36.4 Å². The minimum Gasteiger partial charge on any atom is -0.457 e. The van der Waals surface area contributed by atoms with Gasteiger partial charge in [0.25, 0.3) is 0 Å². The molecule has 1 atom stereocenters. The Kier molecular flexibility index (Phi) is 4.81. The van der Waals surface area contributed by atoms with Gasteiger partial charge in [-0.25, -0.2) is 8.78 Å². The smallest absolute Gasteiger partial charge is 0.238 e. The Balaban J connectivity index is 1.68. The van der Waals surface area contributed by atoms with Crippen LogP contribution in [0.3, 0.4) is 0 Å². The normalized spacial score (nSPS) is 16.6. The molecule has 3 nitrogen and oxygen atoms in total. The highest BCUT2D eigenvalue weighted by Crippen LogP contribution is 2.44. The van der Waals surface area contributed by atoms with Crippen LogP contribution in [0.15, 0.2) is 72.8 Å². The van der Waals surface area contributed by atoms with Gasteiger partial charge in [0.2, 0.25) is 5.91 Å². The summed E-state index contributed by atoms with van der Waals surface area (Å²) in [6.45, 7) is 0. The first-order valence-electron chi connectivity index (χ1n) is 8.34. The molecule has 0 unspecified atom stereocenters. The van der Waals surface area contributed by atoms with Gasteiger partial charge in [-0.05, 0) is 42.0 Å². The zero-order valence-electron chi connectivity index (χ0n) is 14.1. The molecule has 27 heavy (non-hydrogen) atoms. The standard InChI is InChI=1S/C21H15F2NO2S/c22-17-10-5-11-18(23)20(17)24-19(25)13-27-21(24)14-6-4-9-16(12-14)26-15-7-2-1-3-8-15/h1-12,21H,13H2/t21-/m0/s1. The van der Waals surface area contributed by atoms with Crippen molar-refractivity contribution in [2.24, 2.45) is 0 Å². The Morgan fingerprint density at radius 3 is 2.30 bits per heavy atom. The second-order valence-electron chi connectivity index (χ2n) is 5.98. The SMILES string of the molecule is O=C1CS[C@@H](c2cccc(Oc3ccccc3)c2)N1c1c(F)cccc1F. The first-order chi connectivity index (χ1) is 13.1. The Bertz CT molecular complexity index is 961. The van der Waals surface area contributed by atoms with E-state index in [0.717, 1.165) is 17.7 Å². The summed E-state index contributed by atoms with van der Waals surface area (Å²) < 4.78 is 34.4. The monoisotopic (exact) mass is 383 g/mol. The maximum atomic E-state index is 14.3. The quantitative estimate of drug-likeness (QED) is 0.593. The molecule has 1 amide bonds. The van der Waals surface area contributed by atoms with Gasteiger partial charge in [0, 0.05) is 0 Å². The zero-order chi connectivity index (χ0) is 18.8. The Morgan fingerprint density at radius 1 is 0.889 bits per heavy atom. The first kappa shape index (κ1) is 17.5. The van der Waals surface area contributed by atoms with Gasteiger partial charge < -0.3 is 4.74 Å². The molecular formula is C21H15F2NO2S. The maximum Gasteiger partial charge on any atom is 0.238 e. The first-order valence-corrected chi connectivity index (χ1v) is 9.39. The third-order valence-electron chi connectivity index (χ3n) is 4.17. The van der Waals surface area contributed by atoms with Crippen LogP contribution in [0.25, 0.3) is 0 Å². The van der Waals surface area contributed by atoms with Crippen molar-refractivity contribution in [1.29, 1.82) is 0 Å². The van der Waals surface area contributed by atoms with E-state index in [1.54, 1.807) is 18.2 Å². The van der Waals surface area contributed by atoms with Crippen molar-refractivity contribution in [3.05, 3.63) is 90.0 Å². The van der Waals surface area contributed by atoms with E-state index in [1.165, 1.54) is 22.7 Å². The summed E-state index contributed by atoms with van der Waals surface area (Å²) >= 11 is 1.33. The van der Waals surface area contributed by atoms with Crippen LogP contribution >= 0.6 is 11.8 Å². The average Bonchev–Trinajstić information content (AvgIpc) is 3.04. The fraction of sp³-hybridized carbons (Fsp3) is 0.0952. The van der Waals surface area contributed by atoms with Crippen LogP contribution in [-0.2, 0) is 4.79 Å². The predicted molar refractivity (Wildman–Crippen MR) is 102 cm³/mol. The molecule has 1 heterocycles. The predicted octanol–water partition coefficient (Wildman–Crippen LogP) is 5.54. The number of ether oxygens (including phenoxy) is 1. The molecule has 0 N–H and O–H groups in total. The average molecular weight is 383 g/mol. The summed E-state index contributed by atoms with van der Waals surface area (Å²) in [5.74, 6) is -0.416. The molecule has 0 saturated carbocycles. The number of rotatable bonds is 4. The summed E-state index contributed by atoms with van der Waals surface area (Å²) in [5.41, 5.74) is 0.425. The van der Waals surface area contributed by atoms with Crippen LogP contribution in [-0.4, -0.2) is 11.7 Å². The lowest BCUT2D eigenvalue weighted by Crippen LogP contribution is -2.29. The molecule has 0 radical (unpaired) electrons. The summed E-state index contributed by atoms with van der Waals surface area (Å²) in [5, 5.41) is -0.525. The van der Waals surface area contributed by atoms with Crippen LogP contribution < -0.4 is 9.64 Å². The van der Waals surface area contributed by atoms with E-state index in [1.807, 2.05) is 36.4 Å². The van der Waals surface area contributed by atoms with E-state index in [2.05, 4.69) is 0 Å². The summed E-state index contributed by atoms with van der Waals surface area (Å²) in [6, 6.07) is 20.1. The maximum absolute atomic E-state index is 14.3. The second kappa shape index (κ2) is 7.40. The molecule has 0 aliphatic carbocycles. The number of amides is 1. The number of thioether (sulfide) groups is 1. The summed E-state index contributed by atoms with van der Waals surface area (Å²) in [4.78, 5) is 13.6.